The van der Waals surface area contributed by atoms with E-state index in [4.69, 9.17) is 0 Å². The Hall–Kier alpha value is -1.78. The Bertz CT molecular complexity index is 2110. The molecule has 0 radical (unpaired) electrons. The van der Waals surface area contributed by atoms with E-state index in [1.54, 1.807) is 10.6 Å². The molecule has 4 aromatic rings. The van der Waals surface area contributed by atoms with Gasteiger partial charge in [0.15, 0.2) is 0 Å². The first-order chi connectivity index (χ1) is 19.5. The monoisotopic (exact) mass is 597 g/mol. The maximum atomic E-state index is 4.56. The molecule has 6 atom stereocenters. The molecule has 6 unspecified atom stereocenters. The first-order valence-electron chi connectivity index (χ1n) is 15.3. The normalized spacial score (nSPS) is 60.1. The van der Waals surface area contributed by atoms with Crippen LogP contribution < -0.4 is 26.3 Å². The fourth-order valence-corrected chi connectivity index (χ4v) is 116. The number of hydrogen-bond acceptors (Lipinski definition) is 1. The zero-order chi connectivity index (χ0) is 25.8. The summed E-state index contributed by atoms with van der Waals surface area (Å²) >= 11 is 0. The Labute approximate surface area is 229 Å². The van der Waals surface area contributed by atoms with Gasteiger partial charge in [0.2, 0.25) is 0 Å². The fraction of sp³-hybridized carbons (Fsp3) is 0.333. The van der Waals surface area contributed by atoms with E-state index >= 15 is 0 Å². The van der Waals surface area contributed by atoms with Crippen LogP contribution in [0.2, 0.25) is 42.8 Å². The zero-order valence-corrected chi connectivity index (χ0v) is 25.4. The summed E-state index contributed by atoms with van der Waals surface area (Å²) in [5.41, 5.74) is 0. The van der Waals surface area contributed by atoms with E-state index in [2.05, 4.69) is 133 Å². The number of rotatable bonds is 8. The van der Waals surface area contributed by atoms with Crippen molar-refractivity contribution in [2.75, 3.05) is 0 Å². The van der Waals surface area contributed by atoms with E-state index in [0.29, 0.717) is 10.4 Å². The average Bonchev–Trinajstić information content (AvgIpc) is 3.97. The quantitative estimate of drug-likeness (QED) is 0.161. The molecular formula is C36H33FeNP2. The van der Waals surface area contributed by atoms with Gasteiger partial charge in [0.05, 0.1) is 0 Å². The molecule has 4 aromatic carbocycles. The van der Waals surface area contributed by atoms with Crippen LogP contribution in [-0.2, 0) is 6.51 Å². The van der Waals surface area contributed by atoms with Gasteiger partial charge in [0.25, 0.3) is 0 Å². The van der Waals surface area contributed by atoms with Gasteiger partial charge in [-0.1, -0.05) is 0 Å². The van der Waals surface area contributed by atoms with Gasteiger partial charge < -0.3 is 0 Å². The van der Waals surface area contributed by atoms with Crippen LogP contribution >= 0.6 is 16.0 Å². The van der Waals surface area contributed by atoms with E-state index in [-0.39, 0.29) is 7.92 Å². The third-order valence-corrected chi connectivity index (χ3v) is 72.7. The molecule has 10 aliphatic heterocycles. The molecule has 200 valence electrons. The van der Waals surface area contributed by atoms with E-state index in [1.165, 1.54) is 49.1 Å². The van der Waals surface area contributed by atoms with Crippen molar-refractivity contribution < 1.29 is 6.51 Å². The molecule has 0 bridgehead atoms. The Morgan fingerprint density at radius 1 is 0.550 bits per heavy atom. The van der Waals surface area contributed by atoms with Crippen LogP contribution in [0.5, 0.6) is 0 Å². The molecule has 10 aliphatic rings. The van der Waals surface area contributed by atoms with Crippen molar-refractivity contribution in [2.45, 2.75) is 59.9 Å². The first-order valence-corrected chi connectivity index (χ1v) is 24.2. The minimum absolute atomic E-state index is 0.316. The van der Waals surface area contributed by atoms with Crippen LogP contribution in [0.3, 0.4) is 0 Å². The molecule has 1 spiro atoms. The summed E-state index contributed by atoms with van der Waals surface area (Å²) in [6.07, 6.45) is 0. The van der Waals surface area contributed by atoms with E-state index in [0.717, 1.165) is 4.05 Å². The molecule has 0 aliphatic carbocycles. The Kier molecular flexibility index (Phi) is 1.68. The summed E-state index contributed by atoms with van der Waals surface area (Å²) in [5.74, 6) is 0. The van der Waals surface area contributed by atoms with E-state index < -0.39 is 14.6 Å². The van der Waals surface area contributed by atoms with Crippen molar-refractivity contribution in [1.82, 2.24) is 5.09 Å². The van der Waals surface area contributed by atoms with Crippen molar-refractivity contribution in [1.29, 1.82) is 0 Å². The zero-order valence-electron chi connectivity index (χ0n) is 22.5. The van der Waals surface area contributed by atoms with E-state index in [9.17, 15) is 0 Å². The standard InChI is InChI=1S/C31H28NP2.C5H5.Fe/c1-25(32-34(28-19-10-4-11-20-28)29-21-12-5-13-22-29)30-23-14-24-31(30)33(26-15-6-2-7-16-26)27-17-8-3-9-18-27;1-2-4-5-3-1;/h2-25,32H,1H3;1-5H;. The summed E-state index contributed by atoms with van der Waals surface area (Å²) in [6, 6.07) is 47.5. The minimum atomic E-state index is -3.78. The molecule has 0 saturated carbocycles. The van der Waals surface area contributed by atoms with Gasteiger partial charge in [0.1, 0.15) is 0 Å². The molecule has 4 heteroatoms. The number of benzene rings is 4. The van der Waals surface area contributed by atoms with Crippen LogP contribution in [0.15, 0.2) is 121 Å². The second-order valence-corrected chi connectivity index (χ2v) is 44.7. The second-order valence-electron chi connectivity index (χ2n) is 16.6. The number of hydrogen-bond donors (Lipinski definition) is 1. The molecule has 1 nitrogen and oxygen atoms in total. The van der Waals surface area contributed by atoms with E-state index in [1.807, 2.05) is 0 Å². The molecule has 0 aromatic heterocycles. The van der Waals surface area contributed by atoms with Gasteiger partial charge in [-0.15, -0.1) is 0 Å². The summed E-state index contributed by atoms with van der Waals surface area (Å²) in [7, 11) is -0.892. The topological polar surface area (TPSA) is 12.0 Å². The maximum absolute atomic E-state index is 4.56. The van der Waals surface area contributed by atoms with Gasteiger partial charge in [-0.05, 0) is 0 Å². The first kappa shape index (κ1) is 20.2. The summed E-state index contributed by atoms with van der Waals surface area (Å²) in [4.78, 5) is 10.2. The number of fused-ring (bicyclic) bond motifs is 10. The Morgan fingerprint density at radius 3 is 1.32 bits per heavy atom. The molecular weight excluding hydrogens is 564 g/mol. The van der Waals surface area contributed by atoms with Crippen molar-refractivity contribution in [3.63, 3.8) is 0 Å². The third kappa shape index (κ3) is 0.537. The van der Waals surface area contributed by atoms with Crippen molar-refractivity contribution in [3.8, 4) is 0 Å². The SMILES string of the molecule is CC(NP(c1ccccc1)c1ccccc1)[C]12[CH]3[CH]4[CH]5[C]1(P(c1ccccc1)c1ccccc1)[Fe]43521678[CH]2[CH]1[CH]6[CH]7[CH]28. The Morgan fingerprint density at radius 2 is 0.950 bits per heavy atom. The van der Waals surface area contributed by atoms with Crippen LogP contribution in [0.25, 0.3) is 0 Å². The molecule has 14 rings (SSSR count). The van der Waals surface area contributed by atoms with Gasteiger partial charge in [-0.3, -0.25) is 0 Å². The summed E-state index contributed by atoms with van der Waals surface area (Å²) in [6.45, 7) is -1.07. The predicted octanol–water partition coefficient (Wildman–Crippen LogP) is 7.81. The third-order valence-electron chi connectivity index (χ3n) is 20.2. The summed E-state index contributed by atoms with van der Waals surface area (Å²) < 4.78 is 1.43. The molecule has 10 heterocycles. The molecule has 1 N–H and O–H groups in total. The van der Waals surface area contributed by atoms with Crippen molar-refractivity contribution >= 4 is 37.2 Å². The molecule has 40 heavy (non-hydrogen) atoms. The predicted molar refractivity (Wildman–Crippen MR) is 166 cm³/mol. The van der Waals surface area contributed by atoms with Crippen LogP contribution in [0.4, 0.5) is 0 Å². The summed E-state index contributed by atoms with van der Waals surface area (Å²) in [5, 5.41) is 11.0. The molecule has 0 amide bonds. The van der Waals surface area contributed by atoms with Crippen molar-refractivity contribution in [2.24, 2.45) is 0 Å². The van der Waals surface area contributed by atoms with Gasteiger partial charge in [0, 0.05) is 0 Å². The van der Waals surface area contributed by atoms with Crippen LogP contribution in [-0.4, -0.2) is 10.1 Å². The van der Waals surface area contributed by atoms with Gasteiger partial charge >= 0.3 is 230 Å². The molecule has 10 saturated heterocycles. The van der Waals surface area contributed by atoms with Gasteiger partial charge in [-0.2, -0.15) is 0 Å². The Balaban J connectivity index is 1.02. The molecule has 10 fully saturated rings. The van der Waals surface area contributed by atoms with Crippen LogP contribution in [0, 0.1) is 0 Å². The van der Waals surface area contributed by atoms with Crippen LogP contribution in [0.1, 0.15) is 6.92 Å². The number of nitrogens with one attached hydrogen (secondary N) is 1. The average molecular weight is 597 g/mol. The van der Waals surface area contributed by atoms with Crippen molar-refractivity contribution in [3.05, 3.63) is 121 Å². The second kappa shape index (κ2) is 3.32. The van der Waals surface area contributed by atoms with Gasteiger partial charge in [-0.25, -0.2) is 0 Å². The fourth-order valence-electron chi connectivity index (χ4n) is 21.9.